The molecule has 6 heteroatoms. The minimum atomic E-state index is 0.597. The smallest absolute Gasteiger partial charge is 0.148 e. The summed E-state index contributed by atoms with van der Waals surface area (Å²) in [5.41, 5.74) is 0.597. The number of anilines is 1. The van der Waals surface area contributed by atoms with Gasteiger partial charge in [-0.3, -0.25) is 4.68 Å². The number of morpholine rings is 1. The van der Waals surface area contributed by atoms with E-state index in [1.165, 1.54) is 0 Å². The van der Waals surface area contributed by atoms with Crippen LogP contribution in [0, 0.1) is 11.3 Å². The molecule has 80 valence electrons. The Morgan fingerprint density at radius 2 is 2.13 bits per heavy atom. The number of hydrogen-bond acceptors (Lipinski definition) is 4. The summed E-state index contributed by atoms with van der Waals surface area (Å²) in [5.74, 6) is 0.868. The highest BCUT2D eigenvalue weighted by Gasteiger charge is 2.21. The second kappa shape index (κ2) is 4.21. The van der Waals surface area contributed by atoms with Crippen LogP contribution in [0.3, 0.4) is 0 Å². The van der Waals surface area contributed by atoms with Crippen molar-refractivity contribution >= 4 is 21.7 Å². The van der Waals surface area contributed by atoms with Crippen LogP contribution >= 0.6 is 15.9 Å². The van der Waals surface area contributed by atoms with Crippen molar-refractivity contribution in [2.75, 3.05) is 31.2 Å². The highest BCUT2D eigenvalue weighted by atomic mass is 79.9. The Kier molecular flexibility index (Phi) is 2.93. The van der Waals surface area contributed by atoms with E-state index in [1.807, 2.05) is 7.05 Å². The zero-order valence-corrected chi connectivity index (χ0v) is 9.99. The average molecular weight is 271 g/mol. The number of aromatic nitrogens is 2. The zero-order valence-electron chi connectivity index (χ0n) is 8.40. The van der Waals surface area contributed by atoms with Crippen molar-refractivity contribution < 1.29 is 4.74 Å². The summed E-state index contributed by atoms with van der Waals surface area (Å²) < 4.78 is 7.61. The topological polar surface area (TPSA) is 54.1 Å². The van der Waals surface area contributed by atoms with E-state index in [1.54, 1.807) is 4.68 Å². The maximum Gasteiger partial charge on any atom is 0.148 e. The van der Waals surface area contributed by atoms with E-state index in [9.17, 15) is 0 Å². The summed E-state index contributed by atoms with van der Waals surface area (Å²) in [6.07, 6.45) is 0. The number of rotatable bonds is 1. The molecule has 1 aromatic heterocycles. The summed E-state index contributed by atoms with van der Waals surface area (Å²) in [7, 11) is 1.84. The van der Waals surface area contributed by atoms with Crippen LogP contribution in [0.1, 0.15) is 5.56 Å². The predicted octanol–water partition coefficient (Wildman–Crippen LogP) is 0.891. The summed E-state index contributed by atoms with van der Waals surface area (Å²) in [4.78, 5) is 2.12. The van der Waals surface area contributed by atoms with Gasteiger partial charge in [-0.2, -0.15) is 10.4 Å². The molecule has 2 heterocycles. The van der Waals surface area contributed by atoms with E-state index in [4.69, 9.17) is 10.00 Å². The Bertz CT molecular complexity index is 403. The molecule has 15 heavy (non-hydrogen) atoms. The van der Waals surface area contributed by atoms with Crippen molar-refractivity contribution in [3.05, 3.63) is 10.2 Å². The van der Waals surface area contributed by atoms with Gasteiger partial charge in [-0.1, -0.05) is 0 Å². The number of ether oxygens (including phenoxy) is 1. The zero-order chi connectivity index (χ0) is 10.8. The van der Waals surface area contributed by atoms with Crippen molar-refractivity contribution in [1.29, 1.82) is 5.26 Å². The largest absolute Gasteiger partial charge is 0.378 e. The Hall–Kier alpha value is -1.06. The first-order valence-electron chi connectivity index (χ1n) is 4.69. The van der Waals surface area contributed by atoms with Gasteiger partial charge in [0.2, 0.25) is 0 Å². The lowest BCUT2D eigenvalue weighted by molar-refractivity contribution is 0.122. The molecular formula is C9H11BrN4O. The van der Waals surface area contributed by atoms with Crippen LogP contribution in [-0.2, 0) is 11.8 Å². The molecule has 0 unspecified atom stereocenters. The van der Waals surface area contributed by atoms with Crippen LogP contribution < -0.4 is 4.90 Å². The monoisotopic (exact) mass is 270 g/mol. The highest BCUT2D eigenvalue weighted by molar-refractivity contribution is 9.10. The molecule has 0 N–H and O–H groups in total. The molecule has 0 spiro atoms. The first-order valence-corrected chi connectivity index (χ1v) is 5.48. The third kappa shape index (κ3) is 1.85. The summed E-state index contributed by atoms with van der Waals surface area (Å²) >= 11 is 3.28. The molecule has 1 aromatic rings. The van der Waals surface area contributed by atoms with E-state index in [0.29, 0.717) is 23.4 Å². The molecular weight excluding hydrogens is 260 g/mol. The second-order valence-corrected chi connectivity index (χ2v) is 4.08. The molecule has 1 fully saturated rings. The van der Waals surface area contributed by atoms with Gasteiger partial charge in [0.25, 0.3) is 0 Å². The normalized spacial score (nSPS) is 16.5. The number of aryl methyl sites for hydroxylation is 1. The Morgan fingerprint density at radius 1 is 1.47 bits per heavy atom. The van der Waals surface area contributed by atoms with Gasteiger partial charge in [0, 0.05) is 20.1 Å². The van der Waals surface area contributed by atoms with Crippen LogP contribution in [0.25, 0.3) is 0 Å². The highest BCUT2D eigenvalue weighted by Crippen LogP contribution is 2.26. The summed E-state index contributed by atoms with van der Waals surface area (Å²) in [6.45, 7) is 3.02. The van der Waals surface area contributed by atoms with Crippen molar-refractivity contribution in [2.24, 2.45) is 7.05 Å². The van der Waals surface area contributed by atoms with Crippen LogP contribution in [-0.4, -0.2) is 36.1 Å². The number of halogens is 1. The van der Waals surface area contributed by atoms with E-state index in [2.05, 4.69) is 32.0 Å². The molecule has 1 saturated heterocycles. The van der Waals surface area contributed by atoms with Crippen LogP contribution in [0.2, 0.25) is 0 Å². The maximum absolute atomic E-state index is 9.05. The molecule has 0 aliphatic carbocycles. The van der Waals surface area contributed by atoms with Crippen LogP contribution in [0.4, 0.5) is 5.82 Å². The van der Waals surface area contributed by atoms with Gasteiger partial charge in [-0.25, -0.2) is 0 Å². The van der Waals surface area contributed by atoms with Gasteiger partial charge in [-0.05, 0) is 15.9 Å². The first kappa shape index (κ1) is 10.5. The van der Waals surface area contributed by atoms with E-state index in [0.717, 1.165) is 18.9 Å². The lowest BCUT2D eigenvalue weighted by Gasteiger charge is -2.28. The van der Waals surface area contributed by atoms with Crippen LogP contribution in [0.15, 0.2) is 4.60 Å². The SMILES string of the molecule is Cn1nc(Br)c(C#N)c1N1CCOCC1. The standard InChI is InChI=1S/C9H11BrN4O/c1-13-9(7(6-11)8(10)12-13)14-2-4-15-5-3-14/h2-5H2,1H3. The fourth-order valence-corrected chi connectivity index (χ4v) is 2.22. The lowest BCUT2D eigenvalue weighted by atomic mass is 10.3. The molecule has 1 aliphatic rings. The van der Waals surface area contributed by atoms with Gasteiger partial charge in [0.05, 0.1) is 13.2 Å². The molecule has 0 atom stereocenters. The Balaban J connectivity index is 2.37. The molecule has 1 aliphatic heterocycles. The van der Waals surface area contributed by atoms with Gasteiger partial charge in [0.15, 0.2) is 0 Å². The Labute approximate surface area is 96.4 Å². The average Bonchev–Trinajstić information content (AvgIpc) is 2.54. The fraction of sp³-hybridized carbons (Fsp3) is 0.556. The molecule has 0 aromatic carbocycles. The van der Waals surface area contributed by atoms with Gasteiger partial charge in [-0.15, -0.1) is 0 Å². The number of nitrogens with zero attached hydrogens (tertiary/aromatic N) is 4. The number of nitriles is 1. The second-order valence-electron chi connectivity index (χ2n) is 3.32. The van der Waals surface area contributed by atoms with Crippen molar-refractivity contribution in [2.45, 2.75) is 0 Å². The van der Waals surface area contributed by atoms with Crippen molar-refractivity contribution in [3.63, 3.8) is 0 Å². The van der Waals surface area contributed by atoms with Crippen LogP contribution in [0.5, 0.6) is 0 Å². The number of hydrogen-bond donors (Lipinski definition) is 0. The third-order valence-electron chi connectivity index (χ3n) is 2.40. The predicted molar refractivity (Wildman–Crippen MR) is 58.7 cm³/mol. The fourth-order valence-electron chi connectivity index (χ4n) is 1.72. The lowest BCUT2D eigenvalue weighted by Crippen LogP contribution is -2.37. The minimum Gasteiger partial charge on any atom is -0.378 e. The van der Waals surface area contributed by atoms with Gasteiger partial charge >= 0.3 is 0 Å². The quantitative estimate of drug-likeness (QED) is 0.761. The molecule has 0 saturated carbocycles. The maximum atomic E-state index is 9.05. The van der Waals surface area contributed by atoms with E-state index in [-0.39, 0.29) is 0 Å². The summed E-state index contributed by atoms with van der Waals surface area (Å²) in [6, 6.07) is 2.17. The molecule has 5 nitrogen and oxygen atoms in total. The van der Waals surface area contributed by atoms with Gasteiger partial charge in [0.1, 0.15) is 22.1 Å². The molecule has 0 bridgehead atoms. The summed E-state index contributed by atoms with van der Waals surface area (Å²) in [5, 5.41) is 13.2. The first-order chi connectivity index (χ1) is 7.24. The Morgan fingerprint density at radius 3 is 2.73 bits per heavy atom. The molecule has 0 amide bonds. The van der Waals surface area contributed by atoms with Gasteiger partial charge < -0.3 is 9.64 Å². The third-order valence-corrected chi connectivity index (χ3v) is 2.95. The van der Waals surface area contributed by atoms with E-state index < -0.39 is 0 Å². The molecule has 2 rings (SSSR count). The van der Waals surface area contributed by atoms with Crippen molar-refractivity contribution in [1.82, 2.24) is 9.78 Å². The van der Waals surface area contributed by atoms with Crippen molar-refractivity contribution in [3.8, 4) is 6.07 Å². The molecule has 0 radical (unpaired) electrons. The van der Waals surface area contributed by atoms with E-state index >= 15 is 0 Å². The minimum absolute atomic E-state index is 0.597.